The minimum atomic E-state index is -5.17. The van der Waals surface area contributed by atoms with Gasteiger partial charge in [-0.2, -0.15) is 0 Å². The molecular weight excluding hydrogens is 220 g/mol. The fourth-order valence-electron chi connectivity index (χ4n) is 0. The van der Waals surface area contributed by atoms with E-state index < -0.39 is 10.4 Å². The van der Waals surface area contributed by atoms with Crippen LogP contribution in [0.1, 0.15) is 0 Å². The Morgan fingerprint density at radius 3 is 0.900 bits per heavy atom. The Balaban J connectivity index is -0.00000000800. The summed E-state index contributed by atoms with van der Waals surface area (Å²) in [4.78, 5) is 0. The SMILES string of the molecule is O=S(=O)([O-])[O-].[Cl-].[Mg+2].[Mg+2].[Mg+2].[OH-]. The zero-order valence-electron chi connectivity index (χ0n) is 4.99. The van der Waals surface area contributed by atoms with Crippen molar-refractivity contribution in [1.29, 1.82) is 0 Å². The summed E-state index contributed by atoms with van der Waals surface area (Å²) in [6.45, 7) is 0. The zero-order valence-corrected chi connectivity index (χ0v) is 10.8. The molecule has 10 heavy (non-hydrogen) atoms. The summed E-state index contributed by atoms with van der Waals surface area (Å²) in [5.74, 6) is 0. The van der Waals surface area contributed by atoms with E-state index in [9.17, 15) is 0 Å². The molecule has 0 amide bonds. The molecule has 0 rings (SSSR count). The summed E-state index contributed by atoms with van der Waals surface area (Å²) >= 11 is 0. The molecule has 0 unspecified atom stereocenters. The van der Waals surface area contributed by atoms with Crippen molar-refractivity contribution in [3.8, 4) is 0 Å². The summed E-state index contributed by atoms with van der Waals surface area (Å²) in [7, 11) is -5.17. The molecule has 0 aromatic rings. The van der Waals surface area contributed by atoms with Crippen LogP contribution in [0.25, 0.3) is 0 Å². The monoisotopic (exact) mass is 220 g/mol. The molecular formula is HClMg3O5S+2. The third-order valence-electron chi connectivity index (χ3n) is 0. The van der Waals surface area contributed by atoms with E-state index in [1.165, 1.54) is 0 Å². The average molecular weight is 221 g/mol. The van der Waals surface area contributed by atoms with Gasteiger partial charge in [0.25, 0.3) is 0 Å². The first-order chi connectivity index (χ1) is 2.00. The molecule has 0 heterocycles. The van der Waals surface area contributed by atoms with Gasteiger partial charge in [-0.25, -0.2) is 0 Å². The second-order valence-corrected chi connectivity index (χ2v) is 1.22. The van der Waals surface area contributed by atoms with E-state index >= 15 is 0 Å². The van der Waals surface area contributed by atoms with Gasteiger partial charge in [0.1, 0.15) is 0 Å². The Hall–Kier alpha value is 2.42. The van der Waals surface area contributed by atoms with Crippen LogP contribution in [0, 0.1) is 0 Å². The molecule has 1 N–H and O–H groups in total. The molecule has 0 aromatic heterocycles. The van der Waals surface area contributed by atoms with Gasteiger partial charge in [0.2, 0.25) is 0 Å². The van der Waals surface area contributed by atoms with Crippen LogP contribution < -0.4 is 12.4 Å². The molecule has 0 aromatic carbocycles. The summed E-state index contributed by atoms with van der Waals surface area (Å²) in [5.41, 5.74) is 0. The van der Waals surface area contributed by atoms with Crippen molar-refractivity contribution in [3.63, 3.8) is 0 Å². The van der Waals surface area contributed by atoms with Gasteiger partial charge in [0, 0.05) is 10.4 Å². The van der Waals surface area contributed by atoms with E-state index in [1.807, 2.05) is 0 Å². The Morgan fingerprint density at radius 2 is 0.900 bits per heavy atom. The van der Waals surface area contributed by atoms with E-state index in [-0.39, 0.29) is 87.0 Å². The van der Waals surface area contributed by atoms with Gasteiger partial charge in [-0.15, -0.1) is 0 Å². The smallest absolute Gasteiger partial charge is 1.00 e. The van der Waals surface area contributed by atoms with Gasteiger partial charge >= 0.3 is 69.2 Å². The van der Waals surface area contributed by atoms with Crippen LogP contribution in [0.2, 0.25) is 0 Å². The maximum absolute atomic E-state index is 8.52. The molecule has 48 valence electrons. The van der Waals surface area contributed by atoms with E-state index in [2.05, 4.69) is 0 Å². The summed E-state index contributed by atoms with van der Waals surface area (Å²) in [5, 5.41) is 0. The minimum Gasteiger partial charge on any atom is -1.00 e. The summed E-state index contributed by atoms with van der Waals surface area (Å²) in [6, 6.07) is 0. The van der Waals surface area contributed by atoms with Crippen molar-refractivity contribution in [2.24, 2.45) is 0 Å². The van der Waals surface area contributed by atoms with Crippen LogP contribution in [0.3, 0.4) is 0 Å². The molecule has 0 saturated heterocycles. The first-order valence-electron chi connectivity index (χ1n) is 0.667. The number of rotatable bonds is 0. The molecule has 5 nitrogen and oxygen atoms in total. The van der Waals surface area contributed by atoms with Gasteiger partial charge in [0.05, 0.1) is 0 Å². The van der Waals surface area contributed by atoms with Crippen LogP contribution >= 0.6 is 0 Å². The number of hydrogen-bond donors (Lipinski definition) is 0. The van der Waals surface area contributed by atoms with Crippen molar-refractivity contribution < 1.29 is 35.4 Å². The Kier molecular flexibility index (Phi) is 68.7. The first-order valence-corrected chi connectivity index (χ1v) is 2.00. The van der Waals surface area contributed by atoms with Gasteiger partial charge in [0.15, 0.2) is 0 Å². The Labute approximate surface area is 113 Å². The molecule has 10 heteroatoms. The fourth-order valence-corrected chi connectivity index (χ4v) is 0. The zero-order chi connectivity index (χ0) is 4.50. The largest absolute Gasteiger partial charge is 2.00 e. The fraction of sp³-hybridized carbons (Fsp3) is 0. The van der Waals surface area contributed by atoms with E-state index in [1.54, 1.807) is 0 Å². The molecule has 0 aliphatic heterocycles. The summed E-state index contributed by atoms with van der Waals surface area (Å²) < 4.78 is 34.1. The third-order valence-corrected chi connectivity index (χ3v) is 0. The maximum atomic E-state index is 8.52. The first kappa shape index (κ1) is 39.3. The predicted octanol–water partition coefficient (Wildman–Crippen LogP) is -5.65. The van der Waals surface area contributed by atoms with Gasteiger partial charge in [-0.3, -0.25) is 8.42 Å². The molecule has 0 fully saturated rings. The van der Waals surface area contributed by atoms with Gasteiger partial charge < -0.3 is 27.0 Å². The molecule has 0 spiro atoms. The van der Waals surface area contributed by atoms with Crippen molar-refractivity contribution >= 4 is 79.6 Å². The maximum Gasteiger partial charge on any atom is 2.00 e. The topological polar surface area (TPSA) is 110 Å². The Bertz CT molecular complexity index is 100. The summed E-state index contributed by atoms with van der Waals surface area (Å²) in [6.07, 6.45) is 0. The molecule has 0 radical (unpaired) electrons. The van der Waals surface area contributed by atoms with Crippen LogP contribution in [0.15, 0.2) is 0 Å². The molecule has 0 aliphatic carbocycles. The normalized spacial score (nSPS) is 5.80. The van der Waals surface area contributed by atoms with E-state index in [0.717, 1.165) is 0 Å². The predicted molar refractivity (Wildman–Crippen MR) is 29.7 cm³/mol. The second-order valence-electron chi connectivity index (χ2n) is 0.408. The second kappa shape index (κ2) is 17.5. The van der Waals surface area contributed by atoms with E-state index in [4.69, 9.17) is 17.5 Å². The molecule has 0 atom stereocenters. The Morgan fingerprint density at radius 1 is 0.900 bits per heavy atom. The third kappa shape index (κ3) is 158. The van der Waals surface area contributed by atoms with Gasteiger partial charge in [-0.1, -0.05) is 0 Å². The van der Waals surface area contributed by atoms with Crippen molar-refractivity contribution in [1.82, 2.24) is 0 Å². The van der Waals surface area contributed by atoms with Crippen LogP contribution in [-0.2, 0) is 10.4 Å². The van der Waals surface area contributed by atoms with Crippen molar-refractivity contribution in [2.45, 2.75) is 0 Å². The van der Waals surface area contributed by atoms with Crippen molar-refractivity contribution in [3.05, 3.63) is 0 Å². The van der Waals surface area contributed by atoms with Gasteiger partial charge in [-0.05, 0) is 0 Å². The quantitative estimate of drug-likeness (QED) is 0.230. The van der Waals surface area contributed by atoms with Crippen LogP contribution in [0.5, 0.6) is 0 Å². The molecule has 0 bridgehead atoms. The molecule has 0 saturated carbocycles. The van der Waals surface area contributed by atoms with Crippen molar-refractivity contribution in [2.75, 3.05) is 0 Å². The minimum absolute atomic E-state index is 0. The molecule has 0 aliphatic rings. The van der Waals surface area contributed by atoms with Crippen LogP contribution in [-0.4, -0.2) is 92.2 Å². The van der Waals surface area contributed by atoms with Crippen LogP contribution in [0.4, 0.5) is 0 Å². The average Bonchev–Trinajstić information content (AvgIpc) is 0.722. The number of hydrogen-bond acceptors (Lipinski definition) is 5. The van der Waals surface area contributed by atoms with E-state index in [0.29, 0.717) is 0 Å². The standard InChI is InChI=1S/ClH.3Mg.H2O4S.H2O/c;;;;1-5(2,3)4;/h1H;;;;(H2,1,2,3,4);1H2/q;3*+2;;/p-4. The number of halogens is 1.